The van der Waals surface area contributed by atoms with Gasteiger partial charge in [-0.3, -0.25) is 4.79 Å². The summed E-state index contributed by atoms with van der Waals surface area (Å²) in [5.41, 5.74) is -1.09. The number of hydrogen-bond donors (Lipinski definition) is 2. The van der Waals surface area contributed by atoms with Crippen LogP contribution in [0.3, 0.4) is 0 Å². The van der Waals surface area contributed by atoms with Crippen molar-refractivity contribution in [2.75, 3.05) is 25.5 Å². The Labute approximate surface area is 120 Å². The zero-order valence-electron chi connectivity index (χ0n) is 11.6. The molecule has 0 spiro atoms. The molecular formula is C14H17F3N2O2. The van der Waals surface area contributed by atoms with Crippen molar-refractivity contribution in [3.8, 4) is 0 Å². The number of nitrogens with one attached hydrogen (secondary N) is 2. The highest BCUT2D eigenvalue weighted by molar-refractivity contribution is 6.00. The Hall–Kier alpha value is -1.76. The Kier molecular flexibility index (Phi) is 4.72. The van der Waals surface area contributed by atoms with Gasteiger partial charge in [0, 0.05) is 20.2 Å². The third-order valence-corrected chi connectivity index (χ3v) is 3.38. The largest absolute Gasteiger partial charge is 0.418 e. The number of hydrogen-bond acceptors (Lipinski definition) is 3. The van der Waals surface area contributed by atoms with Crippen LogP contribution >= 0.6 is 0 Å². The molecule has 21 heavy (non-hydrogen) atoms. The number of carbonyl (C=O) groups excluding carboxylic acids is 1. The van der Waals surface area contributed by atoms with E-state index in [0.29, 0.717) is 13.2 Å². The predicted octanol–water partition coefficient (Wildman–Crippen LogP) is 2.66. The molecule has 116 valence electrons. The Morgan fingerprint density at radius 1 is 1.43 bits per heavy atom. The van der Waals surface area contributed by atoms with E-state index in [0.717, 1.165) is 18.9 Å². The lowest BCUT2D eigenvalue weighted by molar-refractivity contribution is -0.136. The lowest BCUT2D eigenvalue weighted by atomic mass is 10.1. The third-order valence-electron chi connectivity index (χ3n) is 3.38. The summed E-state index contributed by atoms with van der Waals surface area (Å²) in [5.74, 6) is -0.541. The molecule has 0 saturated carbocycles. The summed E-state index contributed by atoms with van der Waals surface area (Å²) in [6.45, 7) is 0.962. The zero-order chi connectivity index (χ0) is 15.5. The fourth-order valence-corrected chi connectivity index (χ4v) is 2.35. The first-order chi connectivity index (χ1) is 9.93. The van der Waals surface area contributed by atoms with E-state index in [4.69, 9.17) is 4.74 Å². The number of benzene rings is 1. The molecule has 1 aliphatic heterocycles. The van der Waals surface area contributed by atoms with Gasteiger partial charge < -0.3 is 15.4 Å². The summed E-state index contributed by atoms with van der Waals surface area (Å²) in [5, 5.41) is 5.09. The summed E-state index contributed by atoms with van der Waals surface area (Å²) in [4.78, 5) is 12.1. The van der Waals surface area contributed by atoms with Crippen LogP contribution in [0.1, 0.15) is 28.8 Å². The molecular weight excluding hydrogens is 285 g/mol. The molecule has 0 radical (unpaired) electrons. The minimum Gasteiger partial charge on any atom is -0.387 e. The van der Waals surface area contributed by atoms with Crippen LogP contribution in [0.4, 0.5) is 18.9 Å². The second kappa shape index (κ2) is 6.34. The minimum atomic E-state index is -4.51. The average Bonchev–Trinajstić information content (AvgIpc) is 2.96. The molecule has 0 aromatic heterocycles. The van der Waals surface area contributed by atoms with Gasteiger partial charge in [0.05, 0.1) is 22.9 Å². The highest BCUT2D eigenvalue weighted by Crippen LogP contribution is 2.36. The normalized spacial score (nSPS) is 18.6. The second-order valence-electron chi connectivity index (χ2n) is 4.82. The van der Waals surface area contributed by atoms with Crippen LogP contribution in [0.5, 0.6) is 0 Å². The number of para-hydroxylation sites is 1. The van der Waals surface area contributed by atoms with Crippen molar-refractivity contribution in [2.45, 2.75) is 25.1 Å². The van der Waals surface area contributed by atoms with E-state index in [2.05, 4.69) is 10.6 Å². The molecule has 7 heteroatoms. The van der Waals surface area contributed by atoms with Crippen molar-refractivity contribution in [3.63, 3.8) is 0 Å². The van der Waals surface area contributed by atoms with Crippen LogP contribution in [0.25, 0.3) is 0 Å². The van der Waals surface area contributed by atoms with Crippen LogP contribution in [0.2, 0.25) is 0 Å². The molecule has 1 heterocycles. The van der Waals surface area contributed by atoms with Crippen molar-refractivity contribution in [1.29, 1.82) is 0 Å². The molecule has 1 unspecified atom stereocenters. The number of alkyl halides is 3. The van der Waals surface area contributed by atoms with E-state index in [1.807, 2.05) is 0 Å². The Morgan fingerprint density at radius 2 is 2.19 bits per heavy atom. The highest BCUT2D eigenvalue weighted by Gasteiger charge is 2.35. The van der Waals surface area contributed by atoms with E-state index in [9.17, 15) is 18.0 Å². The van der Waals surface area contributed by atoms with Crippen LogP contribution in [-0.4, -0.2) is 32.2 Å². The highest BCUT2D eigenvalue weighted by atomic mass is 19.4. The van der Waals surface area contributed by atoms with Gasteiger partial charge in [-0.2, -0.15) is 13.2 Å². The minimum absolute atomic E-state index is 0.0229. The molecule has 2 rings (SSSR count). The molecule has 1 aromatic carbocycles. The van der Waals surface area contributed by atoms with Crippen LogP contribution in [-0.2, 0) is 10.9 Å². The fourth-order valence-electron chi connectivity index (χ4n) is 2.35. The van der Waals surface area contributed by atoms with Crippen molar-refractivity contribution in [2.24, 2.45) is 0 Å². The number of halogens is 3. The van der Waals surface area contributed by atoms with Gasteiger partial charge in [-0.1, -0.05) is 6.07 Å². The second-order valence-corrected chi connectivity index (χ2v) is 4.82. The molecule has 4 nitrogen and oxygen atoms in total. The maximum absolute atomic E-state index is 12.9. The first kappa shape index (κ1) is 15.6. The summed E-state index contributed by atoms with van der Waals surface area (Å²) >= 11 is 0. The van der Waals surface area contributed by atoms with Gasteiger partial charge in [-0.25, -0.2) is 0 Å². The Balaban J connectivity index is 2.16. The van der Waals surface area contributed by atoms with E-state index < -0.39 is 17.6 Å². The number of anilines is 1. The molecule has 1 atom stereocenters. The van der Waals surface area contributed by atoms with E-state index in [1.165, 1.54) is 19.2 Å². The van der Waals surface area contributed by atoms with Crippen molar-refractivity contribution < 1.29 is 22.7 Å². The number of amides is 1. The SMILES string of the molecule is CNc1c(C(=O)NCC2CCCO2)cccc1C(F)(F)F. The maximum atomic E-state index is 12.9. The zero-order valence-corrected chi connectivity index (χ0v) is 11.6. The van der Waals surface area contributed by atoms with Crippen molar-refractivity contribution in [1.82, 2.24) is 5.32 Å². The van der Waals surface area contributed by atoms with Gasteiger partial charge in [-0.05, 0) is 25.0 Å². The first-order valence-corrected chi connectivity index (χ1v) is 6.71. The lowest BCUT2D eigenvalue weighted by Crippen LogP contribution is -2.32. The summed E-state index contributed by atoms with van der Waals surface area (Å²) < 4.78 is 44.1. The molecule has 1 aromatic rings. The summed E-state index contributed by atoms with van der Waals surface area (Å²) in [6.07, 6.45) is -2.78. The fraction of sp³-hybridized carbons (Fsp3) is 0.500. The Bertz CT molecular complexity index is 511. The van der Waals surface area contributed by atoms with E-state index in [-0.39, 0.29) is 17.4 Å². The van der Waals surface area contributed by atoms with Gasteiger partial charge in [0.25, 0.3) is 5.91 Å². The van der Waals surface area contributed by atoms with Gasteiger partial charge in [0.2, 0.25) is 0 Å². The number of rotatable bonds is 4. The lowest BCUT2D eigenvalue weighted by Gasteiger charge is -2.17. The molecule has 1 fully saturated rings. The van der Waals surface area contributed by atoms with E-state index in [1.54, 1.807) is 0 Å². The monoisotopic (exact) mass is 302 g/mol. The maximum Gasteiger partial charge on any atom is 0.418 e. The Morgan fingerprint density at radius 3 is 2.76 bits per heavy atom. The van der Waals surface area contributed by atoms with Gasteiger partial charge in [0.1, 0.15) is 0 Å². The molecule has 1 amide bonds. The number of ether oxygens (including phenoxy) is 1. The molecule has 1 saturated heterocycles. The average molecular weight is 302 g/mol. The topological polar surface area (TPSA) is 50.4 Å². The van der Waals surface area contributed by atoms with Crippen LogP contribution < -0.4 is 10.6 Å². The van der Waals surface area contributed by atoms with Crippen molar-refractivity contribution in [3.05, 3.63) is 29.3 Å². The predicted molar refractivity (Wildman–Crippen MR) is 72.3 cm³/mol. The third kappa shape index (κ3) is 3.66. The van der Waals surface area contributed by atoms with Gasteiger partial charge >= 0.3 is 6.18 Å². The van der Waals surface area contributed by atoms with Gasteiger partial charge in [-0.15, -0.1) is 0 Å². The quantitative estimate of drug-likeness (QED) is 0.899. The molecule has 0 aliphatic carbocycles. The summed E-state index contributed by atoms with van der Waals surface area (Å²) in [7, 11) is 1.36. The molecule has 0 bridgehead atoms. The van der Waals surface area contributed by atoms with Crippen LogP contribution in [0.15, 0.2) is 18.2 Å². The molecule has 1 aliphatic rings. The van der Waals surface area contributed by atoms with Gasteiger partial charge in [0.15, 0.2) is 0 Å². The standard InChI is InChI=1S/C14H17F3N2O2/c1-18-12-10(5-2-6-11(12)14(15,16)17)13(20)19-8-9-4-3-7-21-9/h2,5-6,9,18H,3-4,7-8H2,1H3,(H,19,20). The molecule has 2 N–H and O–H groups in total. The van der Waals surface area contributed by atoms with E-state index >= 15 is 0 Å². The van der Waals surface area contributed by atoms with Crippen LogP contribution in [0, 0.1) is 0 Å². The van der Waals surface area contributed by atoms with Crippen molar-refractivity contribution >= 4 is 11.6 Å². The smallest absolute Gasteiger partial charge is 0.387 e. The number of carbonyl (C=O) groups is 1. The first-order valence-electron chi connectivity index (χ1n) is 6.71. The summed E-state index contributed by atoms with van der Waals surface area (Å²) in [6, 6.07) is 3.54.